The van der Waals surface area contributed by atoms with Crippen LogP contribution in [0.4, 0.5) is 0 Å². The van der Waals surface area contributed by atoms with E-state index in [4.69, 9.17) is 18.9 Å². The predicted octanol–water partition coefficient (Wildman–Crippen LogP) is 4.95. The monoisotopic (exact) mass is 332 g/mol. The van der Waals surface area contributed by atoms with Crippen LogP contribution in [0.2, 0.25) is 0 Å². The third-order valence-corrected chi connectivity index (χ3v) is 4.15. The van der Waals surface area contributed by atoms with Crippen molar-refractivity contribution in [3.05, 3.63) is 0 Å². The Bertz CT molecular complexity index is 238. The van der Waals surface area contributed by atoms with E-state index in [0.717, 1.165) is 32.7 Å². The number of unbranched alkanes of at least 4 members (excludes halogenated alkanes) is 6. The van der Waals surface area contributed by atoms with Crippen LogP contribution in [0, 0.1) is 0 Å². The molecule has 1 rings (SSSR count). The molecule has 0 bridgehead atoms. The molecule has 0 radical (unpaired) electrons. The Morgan fingerprint density at radius 3 is 1.96 bits per heavy atom. The van der Waals surface area contributed by atoms with E-state index in [-0.39, 0.29) is 5.79 Å². The van der Waals surface area contributed by atoms with Gasteiger partial charge >= 0.3 is 0 Å². The van der Waals surface area contributed by atoms with E-state index in [1.165, 1.54) is 44.9 Å². The van der Waals surface area contributed by atoms with Crippen molar-refractivity contribution in [2.24, 2.45) is 0 Å². The first-order valence-corrected chi connectivity index (χ1v) is 9.41. The highest BCUT2D eigenvalue weighted by Crippen LogP contribution is 2.19. The maximum Gasteiger partial charge on any atom is 0.164 e. The first kappa shape index (κ1) is 22.8. The van der Waals surface area contributed by atoms with E-state index in [9.17, 15) is 0 Å². The summed E-state index contributed by atoms with van der Waals surface area (Å²) in [4.78, 5) is 0. The van der Waals surface area contributed by atoms with Gasteiger partial charge in [0.15, 0.2) is 5.79 Å². The summed E-state index contributed by atoms with van der Waals surface area (Å²) in [5.74, 6) is -0.372. The predicted molar refractivity (Wildman–Crippen MR) is 95.9 cm³/mol. The van der Waals surface area contributed by atoms with Crippen molar-refractivity contribution in [1.29, 1.82) is 0 Å². The normalized spacial score (nSPS) is 16.8. The van der Waals surface area contributed by atoms with Gasteiger partial charge in [0.05, 0.1) is 13.2 Å². The Hall–Kier alpha value is -0.160. The third-order valence-electron chi connectivity index (χ3n) is 4.15. The Labute approximate surface area is 144 Å². The molecule has 0 aliphatic carbocycles. The van der Waals surface area contributed by atoms with E-state index < -0.39 is 0 Å². The number of rotatable bonds is 14. The van der Waals surface area contributed by atoms with E-state index in [1.807, 2.05) is 6.92 Å². The quantitative estimate of drug-likeness (QED) is 0.256. The summed E-state index contributed by atoms with van der Waals surface area (Å²) < 4.78 is 20.7. The molecule has 0 aromatic heterocycles. The number of ether oxygens (including phenoxy) is 4. The summed E-state index contributed by atoms with van der Waals surface area (Å²) >= 11 is 0. The van der Waals surface area contributed by atoms with E-state index in [1.54, 1.807) is 14.2 Å². The molecule has 1 unspecified atom stereocenters. The number of methoxy groups -OCH3 is 2. The van der Waals surface area contributed by atoms with Gasteiger partial charge in [-0.3, -0.25) is 0 Å². The van der Waals surface area contributed by atoms with Crippen LogP contribution in [0.25, 0.3) is 0 Å². The van der Waals surface area contributed by atoms with Gasteiger partial charge in [-0.15, -0.1) is 0 Å². The van der Waals surface area contributed by atoms with Gasteiger partial charge in [-0.25, -0.2) is 0 Å². The van der Waals surface area contributed by atoms with Gasteiger partial charge in [-0.2, -0.15) is 0 Å². The SMILES string of the molecule is CCCCCCCCCC(C)(OC)OC.CCCOCC1CO1. The van der Waals surface area contributed by atoms with Crippen molar-refractivity contribution in [3.63, 3.8) is 0 Å². The van der Waals surface area contributed by atoms with E-state index in [0.29, 0.717) is 6.10 Å². The molecule has 1 heterocycles. The van der Waals surface area contributed by atoms with Crippen LogP contribution >= 0.6 is 0 Å². The molecular formula is C19H40O4. The summed E-state index contributed by atoms with van der Waals surface area (Å²) in [5, 5.41) is 0. The summed E-state index contributed by atoms with van der Waals surface area (Å²) in [6, 6.07) is 0. The van der Waals surface area contributed by atoms with Crippen molar-refractivity contribution < 1.29 is 18.9 Å². The van der Waals surface area contributed by atoms with Crippen LogP contribution in [-0.2, 0) is 18.9 Å². The molecule has 4 nitrogen and oxygen atoms in total. The fraction of sp³-hybridized carbons (Fsp3) is 1.00. The minimum absolute atomic E-state index is 0.372. The van der Waals surface area contributed by atoms with E-state index in [2.05, 4.69) is 13.8 Å². The second-order valence-corrected chi connectivity index (χ2v) is 6.44. The Morgan fingerprint density at radius 2 is 1.48 bits per heavy atom. The summed E-state index contributed by atoms with van der Waals surface area (Å²) in [6.07, 6.45) is 11.9. The topological polar surface area (TPSA) is 40.2 Å². The summed E-state index contributed by atoms with van der Waals surface area (Å²) in [5.41, 5.74) is 0. The number of hydrogen-bond donors (Lipinski definition) is 0. The van der Waals surface area contributed by atoms with Gasteiger partial charge in [0.1, 0.15) is 6.10 Å². The minimum Gasteiger partial charge on any atom is -0.379 e. The lowest BCUT2D eigenvalue weighted by Crippen LogP contribution is -2.29. The minimum atomic E-state index is -0.372. The molecule has 23 heavy (non-hydrogen) atoms. The fourth-order valence-electron chi connectivity index (χ4n) is 2.21. The van der Waals surface area contributed by atoms with Crippen LogP contribution < -0.4 is 0 Å². The van der Waals surface area contributed by atoms with Crippen molar-refractivity contribution in [1.82, 2.24) is 0 Å². The molecule has 1 saturated heterocycles. The van der Waals surface area contributed by atoms with Crippen LogP contribution in [0.5, 0.6) is 0 Å². The molecule has 140 valence electrons. The maximum absolute atomic E-state index is 5.31. The smallest absolute Gasteiger partial charge is 0.164 e. The fourth-order valence-corrected chi connectivity index (χ4v) is 2.21. The third kappa shape index (κ3) is 15.1. The standard InChI is InChI=1S/C13H28O2.C6H12O2/c1-5-6-7-8-9-10-11-12-13(2,14-3)15-4;1-2-3-7-4-6-5-8-6/h5-12H2,1-4H3;6H,2-5H2,1H3. The average Bonchev–Trinajstić information content (AvgIpc) is 3.39. The highest BCUT2D eigenvalue weighted by Gasteiger charge is 2.22. The van der Waals surface area contributed by atoms with Gasteiger partial charge in [-0.1, -0.05) is 52.4 Å². The first-order valence-electron chi connectivity index (χ1n) is 9.41. The Kier molecular flexibility index (Phi) is 15.3. The van der Waals surface area contributed by atoms with Gasteiger partial charge in [-0.05, 0) is 19.8 Å². The van der Waals surface area contributed by atoms with Gasteiger partial charge in [0, 0.05) is 27.2 Å². The largest absolute Gasteiger partial charge is 0.379 e. The molecule has 4 heteroatoms. The first-order chi connectivity index (χ1) is 11.1. The molecule has 0 aromatic rings. The van der Waals surface area contributed by atoms with Crippen LogP contribution in [0.3, 0.4) is 0 Å². The lowest BCUT2D eigenvalue weighted by atomic mass is 10.1. The number of hydrogen-bond acceptors (Lipinski definition) is 4. The van der Waals surface area contributed by atoms with Gasteiger partial charge in [0.25, 0.3) is 0 Å². The second-order valence-electron chi connectivity index (χ2n) is 6.44. The maximum atomic E-state index is 5.31. The molecule has 1 fully saturated rings. The van der Waals surface area contributed by atoms with Crippen LogP contribution in [0.15, 0.2) is 0 Å². The molecule has 0 N–H and O–H groups in total. The Morgan fingerprint density at radius 1 is 0.913 bits per heavy atom. The second kappa shape index (κ2) is 15.4. The average molecular weight is 333 g/mol. The molecule has 0 spiro atoms. The zero-order valence-electron chi connectivity index (χ0n) is 16.2. The van der Waals surface area contributed by atoms with E-state index >= 15 is 0 Å². The van der Waals surface area contributed by atoms with Crippen molar-refractivity contribution in [2.45, 2.75) is 90.4 Å². The summed E-state index contributed by atoms with van der Waals surface area (Å²) in [6.45, 7) is 8.94. The molecule has 1 aliphatic heterocycles. The highest BCUT2D eigenvalue weighted by atomic mass is 16.7. The van der Waals surface area contributed by atoms with Crippen LogP contribution in [-0.4, -0.2) is 45.9 Å². The zero-order valence-corrected chi connectivity index (χ0v) is 16.2. The lowest BCUT2D eigenvalue weighted by Gasteiger charge is -2.26. The summed E-state index contributed by atoms with van der Waals surface area (Å²) in [7, 11) is 3.43. The molecule has 1 atom stereocenters. The molecule has 0 amide bonds. The molecule has 0 saturated carbocycles. The van der Waals surface area contributed by atoms with Crippen molar-refractivity contribution in [2.75, 3.05) is 34.0 Å². The van der Waals surface area contributed by atoms with Crippen molar-refractivity contribution >= 4 is 0 Å². The van der Waals surface area contributed by atoms with Crippen LogP contribution in [0.1, 0.15) is 78.6 Å². The van der Waals surface area contributed by atoms with Gasteiger partial charge in [0.2, 0.25) is 0 Å². The molecule has 0 aromatic carbocycles. The van der Waals surface area contributed by atoms with Crippen molar-refractivity contribution in [3.8, 4) is 0 Å². The molecule has 1 aliphatic rings. The van der Waals surface area contributed by atoms with Gasteiger partial charge < -0.3 is 18.9 Å². The lowest BCUT2D eigenvalue weighted by molar-refractivity contribution is -0.197. The molecular weight excluding hydrogens is 292 g/mol. The number of epoxide rings is 1. The highest BCUT2D eigenvalue weighted by molar-refractivity contribution is 4.66. The Balaban J connectivity index is 0.000000502. The zero-order chi connectivity index (χ0) is 17.4.